The second kappa shape index (κ2) is 9.72. The molecule has 20 heavy (non-hydrogen) atoms. The van der Waals surface area contributed by atoms with Crippen LogP contribution in [0.1, 0.15) is 32.6 Å². The van der Waals surface area contributed by atoms with E-state index in [2.05, 4.69) is 20.9 Å². The summed E-state index contributed by atoms with van der Waals surface area (Å²) in [5, 5.41) is 8.18. The molecule has 6 nitrogen and oxygen atoms in total. The first-order valence-electron chi connectivity index (χ1n) is 7.60. The van der Waals surface area contributed by atoms with Crippen molar-refractivity contribution in [1.82, 2.24) is 20.9 Å². The summed E-state index contributed by atoms with van der Waals surface area (Å²) < 4.78 is 0. The summed E-state index contributed by atoms with van der Waals surface area (Å²) in [7, 11) is 1.98. The van der Waals surface area contributed by atoms with Crippen LogP contribution in [0.25, 0.3) is 0 Å². The summed E-state index contributed by atoms with van der Waals surface area (Å²) in [5.41, 5.74) is 0. The quantitative estimate of drug-likeness (QED) is 0.638. The number of amides is 3. The van der Waals surface area contributed by atoms with Gasteiger partial charge in [0.15, 0.2) is 0 Å². The Balaban J connectivity index is 2.16. The van der Waals surface area contributed by atoms with Crippen molar-refractivity contribution in [2.75, 3.05) is 39.8 Å². The van der Waals surface area contributed by atoms with Gasteiger partial charge in [0.05, 0.1) is 6.54 Å². The summed E-state index contributed by atoms with van der Waals surface area (Å²) in [6.07, 6.45) is 4.34. The highest BCUT2D eigenvalue weighted by Gasteiger charge is 2.20. The van der Waals surface area contributed by atoms with Crippen LogP contribution in [0.2, 0.25) is 0 Å². The molecule has 1 aliphatic rings. The average molecular weight is 284 g/mol. The number of rotatable bonds is 7. The van der Waals surface area contributed by atoms with Crippen molar-refractivity contribution in [1.29, 1.82) is 0 Å². The van der Waals surface area contributed by atoms with E-state index >= 15 is 0 Å². The maximum Gasteiger partial charge on any atom is 0.321 e. The van der Waals surface area contributed by atoms with E-state index in [4.69, 9.17) is 0 Å². The molecule has 0 aromatic heterocycles. The van der Waals surface area contributed by atoms with E-state index in [1.54, 1.807) is 0 Å². The molecule has 1 heterocycles. The monoisotopic (exact) mass is 284 g/mol. The van der Waals surface area contributed by atoms with Gasteiger partial charge in [0.25, 0.3) is 0 Å². The molecule has 0 aromatic rings. The zero-order chi connectivity index (χ0) is 14.8. The molecule has 0 saturated carbocycles. The Hall–Kier alpha value is -1.14. The molecular weight excluding hydrogens is 256 g/mol. The standard InChI is InChI=1S/C14H28N4O2/c1-3-7-16-14(20)17-13(19)11-18-9-5-12(6-10-18)4-8-15-2/h12,15H,3-11H2,1-2H3,(H2,16,17,19,20). The van der Waals surface area contributed by atoms with Gasteiger partial charge >= 0.3 is 6.03 Å². The highest BCUT2D eigenvalue weighted by molar-refractivity contribution is 5.95. The van der Waals surface area contributed by atoms with Crippen molar-refractivity contribution in [3.05, 3.63) is 0 Å². The molecule has 0 radical (unpaired) electrons. The Labute approximate surface area is 121 Å². The van der Waals surface area contributed by atoms with E-state index in [0.29, 0.717) is 13.1 Å². The Morgan fingerprint density at radius 2 is 1.90 bits per heavy atom. The second-order valence-electron chi connectivity index (χ2n) is 5.42. The van der Waals surface area contributed by atoms with Gasteiger partial charge in [0, 0.05) is 6.54 Å². The number of likely N-dealkylation sites (tertiary alicyclic amines) is 1. The molecule has 3 N–H and O–H groups in total. The third-order valence-electron chi connectivity index (χ3n) is 3.67. The van der Waals surface area contributed by atoms with Crippen LogP contribution in [-0.4, -0.2) is 56.6 Å². The summed E-state index contributed by atoms with van der Waals surface area (Å²) >= 11 is 0. The van der Waals surface area contributed by atoms with Gasteiger partial charge in [-0.2, -0.15) is 0 Å². The van der Waals surface area contributed by atoms with Crippen LogP contribution in [0.4, 0.5) is 4.79 Å². The molecule has 0 aromatic carbocycles. The Bertz CT molecular complexity index is 302. The minimum absolute atomic E-state index is 0.215. The second-order valence-corrected chi connectivity index (χ2v) is 5.42. The lowest BCUT2D eigenvalue weighted by Gasteiger charge is -2.31. The first kappa shape index (κ1) is 16.9. The molecule has 0 bridgehead atoms. The van der Waals surface area contributed by atoms with Crippen LogP contribution >= 0.6 is 0 Å². The number of carbonyl (C=O) groups excluding carboxylic acids is 2. The van der Waals surface area contributed by atoms with Gasteiger partial charge in [0.2, 0.25) is 5.91 Å². The van der Waals surface area contributed by atoms with Crippen LogP contribution in [0, 0.1) is 5.92 Å². The van der Waals surface area contributed by atoms with E-state index in [1.807, 2.05) is 14.0 Å². The van der Waals surface area contributed by atoms with Crippen LogP contribution in [0.3, 0.4) is 0 Å². The average Bonchev–Trinajstić information content (AvgIpc) is 2.44. The maximum absolute atomic E-state index is 11.7. The Morgan fingerprint density at radius 3 is 2.50 bits per heavy atom. The SMILES string of the molecule is CCCNC(=O)NC(=O)CN1CCC(CCNC)CC1. The molecular formula is C14H28N4O2. The highest BCUT2D eigenvalue weighted by atomic mass is 16.2. The predicted octanol–water partition coefficient (Wildman–Crippen LogP) is 0.544. The van der Waals surface area contributed by atoms with Gasteiger partial charge < -0.3 is 10.6 Å². The van der Waals surface area contributed by atoms with Gasteiger partial charge in [-0.15, -0.1) is 0 Å². The topological polar surface area (TPSA) is 73.5 Å². The molecule has 1 aliphatic heterocycles. The predicted molar refractivity (Wildman–Crippen MR) is 79.5 cm³/mol. The molecule has 1 saturated heterocycles. The normalized spacial score (nSPS) is 16.9. The van der Waals surface area contributed by atoms with Crippen molar-refractivity contribution < 1.29 is 9.59 Å². The summed E-state index contributed by atoms with van der Waals surface area (Å²) in [6, 6.07) is -0.388. The molecule has 0 atom stereocenters. The molecule has 1 fully saturated rings. The highest BCUT2D eigenvalue weighted by Crippen LogP contribution is 2.19. The van der Waals surface area contributed by atoms with Crippen molar-refractivity contribution in [2.45, 2.75) is 32.6 Å². The van der Waals surface area contributed by atoms with Crippen molar-refractivity contribution in [2.24, 2.45) is 5.92 Å². The maximum atomic E-state index is 11.7. The number of hydrogen-bond donors (Lipinski definition) is 3. The van der Waals surface area contributed by atoms with E-state index in [0.717, 1.165) is 44.8 Å². The molecule has 0 unspecified atom stereocenters. The number of imide groups is 1. The summed E-state index contributed by atoms with van der Waals surface area (Å²) in [6.45, 7) is 5.83. The lowest BCUT2D eigenvalue weighted by atomic mass is 9.93. The zero-order valence-corrected chi connectivity index (χ0v) is 12.7. The zero-order valence-electron chi connectivity index (χ0n) is 12.7. The van der Waals surface area contributed by atoms with Gasteiger partial charge in [-0.25, -0.2) is 4.79 Å². The van der Waals surface area contributed by atoms with Gasteiger partial charge in [-0.05, 0) is 58.3 Å². The number of hydrogen-bond acceptors (Lipinski definition) is 4. The lowest BCUT2D eigenvalue weighted by Crippen LogP contribution is -2.46. The van der Waals surface area contributed by atoms with Gasteiger partial charge in [0.1, 0.15) is 0 Å². The first-order chi connectivity index (χ1) is 9.65. The van der Waals surface area contributed by atoms with Crippen molar-refractivity contribution in [3.8, 4) is 0 Å². The van der Waals surface area contributed by atoms with E-state index in [-0.39, 0.29) is 11.9 Å². The fraction of sp³-hybridized carbons (Fsp3) is 0.857. The molecule has 3 amide bonds. The molecule has 116 valence electrons. The molecule has 1 rings (SSSR count). The van der Waals surface area contributed by atoms with Crippen LogP contribution in [0.15, 0.2) is 0 Å². The molecule has 0 aliphatic carbocycles. The third-order valence-corrected chi connectivity index (χ3v) is 3.67. The molecule has 6 heteroatoms. The number of piperidine rings is 1. The smallest absolute Gasteiger partial charge is 0.321 e. The van der Waals surface area contributed by atoms with E-state index in [1.165, 1.54) is 6.42 Å². The fourth-order valence-electron chi connectivity index (χ4n) is 2.43. The van der Waals surface area contributed by atoms with E-state index in [9.17, 15) is 9.59 Å². The largest absolute Gasteiger partial charge is 0.338 e. The Kier molecular flexibility index (Phi) is 8.22. The number of nitrogens with zero attached hydrogens (tertiary/aromatic N) is 1. The number of carbonyl (C=O) groups is 2. The van der Waals surface area contributed by atoms with Gasteiger partial charge in [-0.1, -0.05) is 6.92 Å². The fourth-order valence-corrected chi connectivity index (χ4v) is 2.43. The lowest BCUT2D eigenvalue weighted by molar-refractivity contribution is -0.121. The van der Waals surface area contributed by atoms with E-state index < -0.39 is 0 Å². The Morgan fingerprint density at radius 1 is 1.20 bits per heavy atom. The minimum atomic E-state index is -0.388. The number of urea groups is 1. The van der Waals surface area contributed by atoms with Crippen molar-refractivity contribution >= 4 is 11.9 Å². The molecule has 0 spiro atoms. The third kappa shape index (κ3) is 6.86. The summed E-state index contributed by atoms with van der Waals surface area (Å²) in [5.74, 6) is 0.543. The van der Waals surface area contributed by atoms with Crippen LogP contribution in [0.5, 0.6) is 0 Å². The number of nitrogens with one attached hydrogen (secondary N) is 3. The van der Waals surface area contributed by atoms with Crippen molar-refractivity contribution in [3.63, 3.8) is 0 Å². The van der Waals surface area contributed by atoms with Crippen LogP contribution < -0.4 is 16.0 Å². The van der Waals surface area contributed by atoms with Gasteiger partial charge in [-0.3, -0.25) is 15.0 Å². The van der Waals surface area contributed by atoms with Crippen LogP contribution in [-0.2, 0) is 4.79 Å². The summed E-state index contributed by atoms with van der Waals surface area (Å²) in [4.78, 5) is 25.2. The first-order valence-corrected chi connectivity index (χ1v) is 7.60. The minimum Gasteiger partial charge on any atom is -0.338 e.